The Morgan fingerprint density at radius 1 is 1.32 bits per heavy atom. The fourth-order valence-corrected chi connectivity index (χ4v) is 3.37. The number of aromatic amines is 1. The second-order valence-corrected chi connectivity index (χ2v) is 6.31. The largest absolute Gasteiger partial charge is 0.465 e. The molecule has 1 amide bonds. The molecule has 2 aromatic heterocycles. The summed E-state index contributed by atoms with van der Waals surface area (Å²) in [4.78, 5) is 30.2. The molecular weight excluding hydrogens is 300 g/mol. The van der Waals surface area contributed by atoms with Gasteiger partial charge in [-0.1, -0.05) is 0 Å². The highest BCUT2D eigenvalue weighted by atomic mass is 32.1. The number of methoxy groups -OCH3 is 1. The minimum atomic E-state index is -0.429. The van der Waals surface area contributed by atoms with Crippen molar-refractivity contribution in [3.8, 4) is 0 Å². The van der Waals surface area contributed by atoms with Gasteiger partial charge < -0.3 is 14.6 Å². The minimum absolute atomic E-state index is 0.136. The molecule has 5 nitrogen and oxygen atoms in total. The number of aryl methyl sites for hydroxylation is 2. The van der Waals surface area contributed by atoms with Crippen LogP contribution in [0.2, 0.25) is 0 Å². The molecule has 2 aromatic rings. The van der Waals surface area contributed by atoms with Crippen molar-refractivity contribution in [3.05, 3.63) is 44.4 Å². The van der Waals surface area contributed by atoms with Gasteiger partial charge in [-0.3, -0.25) is 4.79 Å². The van der Waals surface area contributed by atoms with Gasteiger partial charge in [-0.2, -0.15) is 0 Å². The summed E-state index contributed by atoms with van der Waals surface area (Å²) >= 11 is 1.63. The molecule has 0 aliphatic carbocycles. The highest BCUT2D eigenvalue weighted by Crippen LogP contribution is 2.22. The van der Waals surface area contributed by atoms with Crippen molar-refractivity contribution in [2.45, 2.75) is 27.3 Å². The summed E-state index contributed by atoms with van der Waals surface area (Å²) in [6, 6.07) is 2.04. The molecule has 0 aliphatic heterocycles. The zero-order chi connectivity index (χ0) is 16.4. The molecule has 6 heteroatoms. The van der Waals surface area contributed by atoms with Gasteiger partial charge in [0.05, 0.1) is 19.2 Å². The Bertz CT molecular complexity index is 715. The first-order valence-electron chi connectivity index (χ1n) is 6.92. The van der Waals surface area contributed by atoms with Crippen LogP contribution in [0.1, 0.15) is 42.5 Å². The monoisotopic (exact) mass is 320 g/mol. The minimum Gasteiger partial charge on any atom is -0.465 e. The molecular formula is C16H20N2O3S. The Hall–Kier alpha value is -2.08. The van der Waals surface area contributed by atoms with Crippen LogP contribution in [0.3, 0.4) is 0 Å². The summed E-state index contributed by atoms with van der Waals surface area (Å²) in [5.41, 5.74) is 3.33. The van der Waals surface area contributed by atoms with Crippen LogP contribution in [0.4, 0.5) is 0 Å². The maximum absolute atomic E-state index is 12.6. The van der Waals surface area contributed by atoms with Crippen molar-refractivity contribution in [1.29, 1.82) is 0 Å². The molecule has 1 N–H and O–H groups in total. The number of amides is 1. The van der Waals surface area contributed by atoms with E-state index in [4.69, 9.17) is 4.74 Å². The number of hydrogen-bond donors (Lipinski definition) is 1. The maximum Gasteiger partial charge on any atom is 0.339 e. The summed E-state index contributed by atoms with van der Waals surface area (Å²) in [5.74, 6) is -0.564. The van der Waals surface area contributed by atoms with Crippen LogP contribution in [0, 0.1) is 20.8 Å². The van der Waals surface area contributed by atoms with Gasteiger partial charge >= 0.3 is 5.97 Å². The molecule has 22 heavy (non-hydrogen) atoms. The zero-order valence-electron chi connectivity index (χ0n) is 13.4. The van der Waals surface area contributed by atoms with Crippen LogP contribution in [-0.2, 0) is 11.3 Å². The summed E-state index contributed by atoms with van der Waals surface area (Å²) in [7, 11) is 3.09. The number of nitrogens with one attached hydrogen (secondary N) is 1. The predicted molar refractivity (Wildman–Crippen MR) is 86.5 cm³/mol. The Morgan fingerprint density at radius 2 is 2.00 bits per heavy atom. The van der Waals surface area contributed by atoms with Gasteiger partial charge in [-0.25, -0.2) is 4.79 Å². The quantitative estimate of drug-likeness (QED) is 0.881. The average molecular weight is 320 g/mol. The lowest BCUT2D eigenvalue weighted by molar-refractivity contribution is 0.0599. The molecule has 118 valence electrons. The van der Waals surface area contributed by atoms with Crippen molar-refractivity contribution < 1.29 is 14.3 Å². The predicted octanol–water partition coefficient (Wildman–Crippen LogP) is 3.06. The molecule has 0 atom stereocenters. The Kier molecular flexibility index (Phi) is 4.71. The van der Waals surface area contributed by atoms with Crippen LogP contribution in [0.5, 0.6) is 0 Å². The number of carbonyl (C=O) groups is 2. The van der Waals surface area contributed by atoms with Crippen molar-refractivity contribution in [1.82, 2.24) is 9.88 Å². The zero-order valence-corrected chi connectivity index (χ0v) is 14.3. The third kappa shape index (κ3) is 2.92. The number of H-pyrrole nitrogens is 1. The molecule has 0 radical (unpaired) electrons. The van der Waals surface area contributed by atoms with E-state index < -0.39 is 5.97 Å². The lowest BCUT2D eigenvalue weighted by atomic mass is 10.1. The third-order valence-corrected chi connectivity index (χ3v) is 4.74. The maximum atomic E-state index is 12.6. The topological polar surface area (TPSA) is 62.4 Å². The van der Waals surface area contributed by atoms with Gasteiger partial charge in [0.2, 0.25) is 0 Å². The van der Waals surface area contributed by atoms with Gasteiger partial charge in [-0.05, 0) is 43.3 Å². The lowest BCUT2D eigenvalue weighted by Gasteiger charge is -2.16. The fraction of sp³-hybridized carbons (Fsp3) is 0.375. The molecule has 0 unspecified atom stereocenters. The van der Waals surface area contributed by atoms with Gasteiger partial charge in [0.1, 0.15) is 5.69 Å². The first-order valence-corrected chi connectivity index (χ1v) is 7.80. The second kappa shape index (κ2) is 6.36. The van der Waals surface area contributed by atoms with Crippen LogP contribution >= 0.6 is 11.3 Å². The molecule has 0 bridgehead atoms. The summed E-state index contributed by atoms with van der Waals surface area (Å²) in [6.45, 7) is 6.10. The summed E-state index contributed by atoms with van der Waals surface area (Å²) in [6.07, 6.45) is 0. The Balaban J connectivity index is 2.26. The van der Waals surface area contributed by atoms with Gasteiger partial charge in [0, 0.05) is 17.6 Å². The summed E-state index contributed by atoms with van der Waals surface area (Å²) in [5, 5.41) is 2.02. The average Bonchev–Trinajstić information content (AvgIpc) is 3.01. The van der Waals surface area contributed by atoms with Gasteiger partial charge in [0.25, 0.3) is 5.91 Å². The highest BCUT2D eigenvalue weighted by Gasteiger charge is 2.24. The van der Waals surface area contributed by atoms with E-state index in [2.05, 4.69) is 4.98 Å². The fourth-order valence-electron chi connectivity index (χ4n) is 2.42. The van der Waals surface area contributed by atoms with E-state index in [1.54, 1.807) is 37.1 Å². The number of thiophene rings is 1. The lowest BCUT2D eigenvalue weighted by Crippen LogP contribution is -2.27. The Morgan fingerprint density at radius 3 is 2.55 bits per heavy atom. The van der Waals surface area contributed by atoms with Crippen LogP contribution < -0.4 is 0 Å². The number of carbonyl (C=O) groups excluding carboxylic acids is 2. The van der Waals surface area contributed by atoms with E-state index in [0.717, 1.165) is 4.88 Å². The highest BCUT2D eigenvalue weighted by molar-refractivity contribution is 7.10. The summed E-state index contributed by atoms with van der Waals surface area (Å²) < 4.78 is 4.77. The van der Waals surface area contributed by atoms with Crippen LogP contribution in [0.15, 0.2) is 11.4 Å². The third-order valence-electron chi connectivity index (χ3n) is 3.74. The van der Waals surface area contributed by atoms with E-state index in [1.165, 1.54) is 12.7 Å². The van der Waals surface area contributed by atoms with E-state index in [-0.39, 0.29) is 5.91 Å². The first-order chi connectivity index (χ1) is 10.4. The number of hydrogen-bond acceptors (Lipinski definition) is 4. The van der Waals surface area contributed by atoms with E-state index >= 15 is 0 Å². The SMILES string of the molecule is COC(=O)c1c(C)[nH]c(C(=O)N(C)Cc2sccc2C)c1C. The molecule has 0 fully saturated rings. The van der Waals surface area contributed by atoms with Gasteiger partial charge in [0.15, 0.2) is 0 Å². The number of nitrogens with zero attached hydrogens (tertiary/aromatic N) is 1. The molecule has 0 spiro atoms. The van der Waals surface area contributed by atoms with Gasteiger partial charge in [-0.15, -0.1) is 11.3 Å². The van der Waals surface area contributed by atoms with Crippen molar-refractivity contribution in [2.75, 3.05) is 14.2 Å². The Labute approximate surface area is 133 Å². The number of ether oxygens (including phenoxy) is 1. The van der Waals surface area contributed by atoms with Crippen molar-refractivity contribution >= 4 is 23.2 Å². The number of rotatable bonds is 4. The first kappa shape index (κ1) is 16.3. The van der Waals surface area contributed by atoms with Crippen molar-refractivity contribution in [3.63, 3.8) is 0 Å². The van der Waals surface area contributed by atoms with E-state index in [0.29, 0.717) is 29.1 Å². The molecule has 2 rings (SSSR count). The van der Waals surface area contributed by atoms with E-state index in [9.17, 15) is 9.59 Å². The smallest absolute Gasteiger partial charge is 0.339 e. The molecule has 0 saturated carbocycles. The van der Waals surface area contributed by atoms with E-state index in [1.807, 2.05) is 18.4 Å². The molecule has 0 aliphatic rings. The van der Waals surface area contributed by atoms with Crippen LogP contribution in [-0.4, -0.2) is 35.9 Å². The normalized spacial score (nSPS) is 10.6. The van der Waals surface area contributed by atoms with Crippen molar-refractivity contribution in [2.24, 2.45) is 0 Å². The number of aromatic nitrogens is 1. The molecule has 2 heterocycles. The van der Waals surface area contributed by atoms with Crippen LogP contribution in [0.25, 0.3) is 0 Å². The molecule has 0 saturated heterocycles. The molecule has 0 aromatic carbocycles. The second-order valence-electron chi connectivity index (χ2n) is 5.30. The standard InChI is InChI=1S/C16H20N2O3S/c1-9-6-7-22-12(9)8-18(4)15(19)14-10(2)13(11(3)17-14)16(20)21-5/h6-7,17H,8H2,1-5H3. The number of esters is 1.